The molecule has 1 N–H and O–H groups in total. The van der Waals surface area contributed by atoms with Crippen molar-refractivity contribution in [3.63, 3.8) is 0 Å². The van der Waals surface area contributed by atoms with Crippen LogP contribution in [-0.4, -0.2) is 26.1 Å². The minimum Gasteiger partial charge on any atom is -0.310 e. The number of anilines is 2. The van der Waals surface area contributed by atoms with E-state index in [9.17, 15) is 13.2 Å². The lowest BCUT2D eigenvalue weighted by Crippen LogP contribution is -2.37. The number of thioether (sulfide) groups is 1. The molecule has 1 aliphatic heterocycles. The van der Waals surface area contributed by atoms with Crippen molar-refractivity contribution in [2.24, 2.45) is 0 Å². The zero-order chi connectivity index (χ0) is 19.8. The first-order valence-electron chi connectivity index (χ1n) is 8.93. The number of para-hydroxylation sites is 1. The van der Waals surface area contributed by atoms with Gasteiger partial charge in [-0.25, -0.2) is 8.42 Å². The second-order valence-corrected chi connectivity index (χ2v) is 9.92. The van der Waals surface area contributed by atoms with Crippen LogP contribution in [0.15, 0.2) is 46.2 Å². The summed E-state index contributed by atoms with van der Waals surface area (Å²) in [4.78, 5) is 14.6. The minimum atomic E-state index is -3.72. The number of hydrogen-bond donors (Lipinski definition) is 1. The molecule has 0 aromatic heterocycles. The van der Waals surface area contributed by atoms with E-state index in [1.54, 1.807) is 34.9 Å². The molecule has 0 saturated carbocycles. The van der Waals surface area contributed by atoms with Gasteiger partial charge >= 0.3 is 0 Å². The van der Waals surface area contributed by atoms with E-state index >= 15 is 0 Å². The SMILES string of the molecule is CCc1cccc(C)c1NS(=O)(=O)c1ccc2c(c1)SC(C)CN2C(C)=O. The van der Waals surface area contributed by atoms with E-state index < -0.39 is 10.0 Å². The van der Waals surface area contributed by atoms with Crippen LogP contribution >= 0.6 is 11.8 Å². The highest BCUT2D eigenvalue weighted by molar-refractivity contribution is 8.00. The molecule has 2 aromatic carbocycles. The third-order valence-corrected chi connectivity index (χ3v) is 7.14. The molecule has 1 aliphatic rings. The van der Waals surface area contributed by atoms with E-state index in [2.05, 4.69) is 4.72 Å². The van der Waals surface area contributed by atoms with Gasteiger partial charge in [0.1, 0.15) is 0 Å². The van der Waals surface area contributed by atoms with Gasteiger partial charge in [-0.2, -0.15) is 0 Å². The Morgan fingerprint density at radius 3 is 2.70 bits per heavy atom. The Labute approximate surface area is 165 Å². The van der Waals surface area contributed by atoms with Gasteiger partial charge in [0.15, 0.2) is 0 Å². The maximum Gasteiger partial charge on any atom is 0.261 e. The van der Waals surface area contributed by atoms with Crippen LogP contribution in [0.25, 0.3) is 0 Å². The summed E-state index contributed by atoms with van der Waals surface area (Å²) in [6, 6.07) is 10.7. The van der Waals surface area contributed by atoms with Gasteiger partial charge in [-0.1, -0.05) is 32.0 Å². The van der Waals surface area contributed by atoms with Gasteiger partial charge in [-0.05, 0) is 42.7 Å². The first-order valence-corrected chi connectivity index (χ1v) is 11.3. The van der Waals surface area contributed by atoms with Crippen LogP contribution < -0.4 is 9.62 Å². The Morgan fingerprint density at radius 1 is 1.30 bits per heavy atom. The maximum absolute atomic E-state index is 13.0. The van der Waals surface area contributed by atoms with Gasteiger partial charge in [0.2, 0.25) is 5.91 Å². The zero-order valence-electron chi connectivity index (χ0n) is 15.9. The van der Waals surface area contributed by atoms with Crippen molar-refractivity contribution < 1.29 is 13.2 Å². The lowest BCUT2D eigenvalue weighted by molar-refractivity contribution is -0.116. The van der Waals surface area contributed by atoms with Crippen molar-refractivity contribution in [2.75, 3.05) is 16.2 Å². The average molecular weight is 405 g/mol. The third-order valence-electron chi connectivity index (χ3n) is 4.66. The van der Waals surface area contributed by atoms with E-state index in [4.69, 9.17) is 0 Å². The number of carbonyl (C=O) groups excluding carboxylic acids is 1. The molecular formula is C20H24N2O3S2. The molecule has 7 heteroatoms. The maximum atomic E-state index is 13.0. The summed E-state index contributed by atoms with van der Waals surface area (Å²) in [5.41, 5.74) is 3.27. The first kappa shape index (κ1) is 19.8. The van der Waals surface area contributed by atoms with Crippen LogP contribution in [0.4, 0.5) is 11.4 Å². The lowest BCUT2D eigenvalue weighted by atomic mass is 10.1. The Balaban J connectivity index is 2.00. The zero-order valence-corrected chi connectivity index (χ0v) is 17.6. The normalized spacial score (nSPS) is 16.7. The predicted octanol–water partition coefficient (Wildman–Crippen LogP) is 4.21. The molecule has 27 heavy (non-hydrogen) atoms. The van der Waals surface area contributed by atoms with E-state index in [0.29, 0.717) is 12.2 Å². The van der Waals surface area contributed by atoms with Crippen LogP contribution in [0.3, 0.4) is 0 Å². The van der Waals surface area contributed by atoms with Gasteiger partial charge in [-0.3, -0.25) is 9.52 Å². The smallest absolute Gasteiger partial charge is 0.261 e. The number of nitrogens with zero attached hydrogens (tertiary/aromatic N) is 1. The number of carbonyl (C=O) groups is 1. The summed E-state index contributed by atoms with van der Waals surface area (Å²) in [5, 5.41) is 0.204. The molecule has 0 bridgehead atoms. The summed E-state index contributed by atoms with van der Waals surface area (Å²) in [7, 11) is -3.72. The number of fused-ring (bicyclic) bond motifs is 1. The van der Waals surface area contributed by atoms with Crippen molar-refractivity contribution in [1.82, 2.24) is 0 Å². The van der Waals surface area contributed by atoms with Crippen molar-refractivity contribution in [2.45, 2.75) is 49.2 Å². The van der Waals surface area contributed by atoms with Crippen LogP contribution in [0.5, 0.6) is 0 Å². The predicted molar refractivity (Wildman–Crippen MR) is 111 cm³/mol. The molecule has 1 atom stereocenters. The van der Waals surface area contributed by atoms with E-state index in [1.165, 1.54) is 6.92 Å². The highest BCUT2D eigenvalue weighted by Gasteiger charge is 2.27. The Kier molecular flexibility index (Phi) is 5.53. The highest BCUT2D eigenvalue weighted by atomic mass is 32.2. The molecule has 2 aromatic rings. The molecule has 144 valence electrons. The molecule has 1 heterocycles. The van der Waals surface area contributed by atoms with Crippen molar-refractivity contribution in [3.8, 4) is 0 Å². The molecule has 0 spiro atoms. The van der Waals surface area contributed by atoms with Crippen LogP contribution in [0.1, 0.15) is 31.9 Å². The summed E-state index contributed by atoms with van der Waals surface area (Å²) >= 11 is 1.59. The van der Waals surface area contributed by atoms with Gasteiger partial charge in [0.25, 0.3) is 10.0 Å². The third kappa shape index (κ3) is 3.99. The molecule has 3 rings (SSSR count). The van der Waals surface area contributed by atoms with E-state index in [0.717, 1.165) is 28.1 Å². The monoisotopic (exact) mass is 404 g/mol. The Bertz CT molecular complexity index is 987. The Morgan fingerprint density at radius 2 is 2.04 bits per heavy atom. The van der Waals surface area contributed by atoms with Crippen LogP contribution in [-0.2, 0) is 21.2 Å². The molecular weight excluding hydrogens is 380 g/mol. The number of benzene rings is 2. The standard InChI is InChI=1S/C20H24N2O3S2/c1-5-16-8-6-7-13(2)20(16)21-27(24,25)17-9-10-18-19(11-17)26-14(3)12-22(18)15(4)23/h6-11,14,21H,5,12H2,1-4H3. The number of amides is 1. The van der Waals surface area contributed by atoms with Gasteiger partial charge < -0.3 is 4.90 Å². The highest BCUT2D eigenvalue weighted by Crippen LogP contribution is 2.40. The largest absolute Gasteiger partial charge is 0.310 e. The second kappa shape index (κ2) is 7.56. The summed E-state index contributed by atoms with van der Waals surface area (Å²) in [6.45, 7) is 8.08. The molecule has 0 fully saturated rings. The topological polar surface area (TPSA) is 66.5 Å². The summed E-state index contributed by atoms with van der Waals surface area (Å²) in [5.74, 6) is -0.0374. The number of hydrogen-bond acceptors (Lipinski definition) is 4. The first-order chi connectivity index (χ1) is 12.7. The number of sulfonamides is 1. The van der Waals surface area contributed by atoms with Crippen molar-refractivity contribution in [1.29, 1.82) is 0 Å². The minimum absolute atomic E-state index is 0.0374. The van der Waals surface area contributed by atoms with Crippen molar-refractivity contribution in [3.05, 3.63) is 47.5 Å². The fourth-order valence-corrected chi connectivity index (χ4v) is 5.67. The second-order valence-electron chi connectivity index (χ2n) is 6.76. The van der Waals surface area contributed by atoms with Gasteiger partial charge in [0.05, 0.1) is 16.3 Å². The summed E-state index contributed by atoms with van der Waals surface area (Å²) < 4.78 is 28.8. The number of rotatable bonds is 4. The average Bonchev–Trinajstić information content (AvgIpc) is 2.61. The molecule has 1 amide bonds. The molecule has 1 unspecified atom stereocenters. The fraction of sp³-hybridized carbons (Fsp3) is 0.350. The number of aryl methyl sites for hydroxylation is 2. The van der Waals surface area contributed by atoms with Gasteiger partial charge in [0, 0.05) is 23.6 Å². The quantitative estimate of drug-likeness (QED) is 0.829. The molecule has 0 aliphatic carbocycles. The molecule has 0 radical (unpaired) electrons. The van der Waals surface area contributed by atoms with Gasteiger partial charge in [-0.15, -0.1) is 11.8 Å². The molecule has 0 saturated heterocycles. The fourth-order valence-electron chi connectivity index (χ4n) is 3.25. The molecule has 5 nitrogen and oxygen atoms in total. The van der Waals surface area contributed by atoms with Crippen molar-refractivity contribution >= 4 is 39.1 Å². The van der Waals surface area contributed by atoms with Crippen LogP contribution in [0, 0.1) is 6.92 Å². The summed E-state index contributed by atoms with van der Waals surface area (Å²) in [6.07, 6.45) is 0.741. The lowest BCUT2D eigenvalue weighted by Gasteiger charge is -2.32. The Hall–Kier alpha value is -1.99. The van der Waals surface area contributed by atoms with E-state index in [-0.39, 0.29) is 16.1 Å². The van der Waals surface area contributed by atoms with Crippen LogP contribution in [0.2, 0.25) is 0 Å². The van der Waals surface area contributed by atoms with E-state index in [1.807, 2.05) is 39.0 Å². The number of nitrogens with one attached hydrogen (secondary N) is 1.